The molecular weight excluding hydrogens is 176 g/mol. The summed E-state index contributed by atoms with van der Waals surface area (Å²) in [4.78, 5) is 4.04. The topological polar surface area (TPSA) is 30.4 Å². The summed E-state index contributed by atoms with van der Waals surface area (Å²) in [6.45, 7) is 0. The summed E-state index contributed by atoms with van der Waals surface area (Å²) in [5.74, 6) is 0. The molecule has 0 aliphatic heterocycles. The van der Waals surface area contributed by atoms with Crippen molar-refractivity contribution in [1.82, 2.24) is 4.57 Å². The van der Waals surface area contributed by atoms with Gasteiger partial charge in [-0.05, 0) is 12.2 Å². The summed E-state index contributed by atoms with van der Waals surface area (Å²) in [5.41, 5.74) is 1.47. The van der Waals surface area contributed by atoms with Crippen LogP contribution in [0.15, 0.2) is 33.7 Å². The van der Waals surface area contributed by atoms with Crippen LogP contribution in [-0.2, 0) is 7.05 Å². The van der Waals surface area contributed by atoms with Crippen LogP contribution in [0.4, 0.5) is 0 Å². The molecule has 0 unspecified atom stereocenters. The minimum absolute atomic E-state index is 0.631. The molecule has 0 N–H and O–H groups in total. The lowest BCUT2D eigenvalue weighted by Gasteiger charge is -1.87. The van der Waals surface area contributed by atoms with E-state index in [1.165, 1.54) is 0 Å². The second-order valence-electron chi connectivity index (χ2n) is 3.02. The highest BCUT2D eigenvalue weighted by Crippen LogP contribution is 1.82. The fourth-order valence-electron chi connectivity index (χ4n) is 1.41. The van der Waals surface area contributed by atoms with Gasteiger partial charge in [-0.25, -0.2) is 4.99 Å². The average Bonchev–Trinajstić information content (AvgIpc) is 2.42. The van der Waals surface area contributed by atoms with Crippen LogP contribution < -0.4 is 16.4 Å². The third-order valence-electron chi connectivity index (χ3n) is 2.13. The molecule has 0 amide bonds. The third kappa shape index (κ3) is 1.37. The summed E-state index contributed by atoms with van der Waals surface area (Å²) < 4.78 is 7.47. The van der Waals surface area contributed by atoms with E-state index in [1.807, 2.05) is 48.1 Å². The molecule has 0 spiro atoms. The van der Waals surface area contributed by atoms with E-state index < -0.39 is 0 Å². The quantitative estimate of drug-likeness (QED) is 0.556. The SMILES string of the molecule is C/N=c1\oc2/c(n1C)=C\C=C/C=C\C=2. The van der Waals surface area contributed by atoms with Crippen molar-refractivity contribution in [2.75, 3.05) is 7.05 Å². The number of hydrogen-bond donors (Lipinski definition) is 0. The maximum absolute atomic E-state index is 5.55. The van der Waals surface area contributed by atoms with Gasteiger partial charge in [0, 0.05) is 14.1 Å². The fraction of sp³-hybridized carbons (Fsp3) is 0.182. The number of aromatic nitrogens is 1. The van der Waals surface area contributed by atoms with Crippen LogP contribution in [0.25, 0.3) is 12.2 Å². The Morgan fingerprint density at radius 1 is 1.14 bits per heavy atom. The Kier molecular flexibility index (Phi) is 2.23. The van der Waals surface area contributed by atoms with Gasteiger partial charge in [0.05, 0.1) is 5.35 Å². The molecule has 2 rings (SSSR count). The lowest BCUT2D eigenvalue weighted by molar-refractivity contribution is 0.452. The third-order valence-corrected chi connectivity index (χ3v) is 2.13. The molecule has 1 heterocycles. The van der Waals surface area contributed by atoms with Crippen LogP contribution in [-0.4, -0.2) is 11.6 Å². The maximum atomic E-state index is 5.55. The fourth-order valence-corrected chi connectivity index (χ4v) is 1.41. The average molecular weight is 188 g/mol. The van der Waals surface area contributed by atoms with E-state index in [0.717, 1.165) is 10.8 Å². The lowest BCUT2D eigenvalue weighted by Crippen LogP contribution is -2.29. The standard InChI is InChI=1S/C11H12N2O/c1-12-11-13(2)9-7-5-3-4-6-8-10(9)14-11/h3-8H,1-2H3/b4-3?,5-3-,6-4-,7-5?,8-6?,9-7+,10-8+,12-11-. The summed E-state index contributed by atoms with van der Waals surface area (Å²) in [6.07, 6.45) is 11.8. The monoisotopic (exact) mass is 188 g/mol. The predicted molar refractivity (Wildman–Crippen MR) is 55.6 cm³/mol. The first kappa shape index (κ1) is 8.81. The summed E-state index contributed by atoms with van der Waals surface area (Å²) >= 11 is 0. The Balaban J connectivity index is 2.93. The Labute approximate surface area is 81.7 Å². The van der Waals surface area contributed by atoms with Crippen molar-refractivity contribution in [1.29, 1.82) is 0 Å². The molecule has 0 atom stereocenters. The van der Waals surface area contributed by atoms with E-state index in [9.17, 15) is 0 Å². The zero-order chi connectivity index (χ0) is 9.97. The first-order chi connectivity index (χ1) is 6.83. The highest BCUT2D eigenvalue weighted by molar-refractivity contribution is 5.44. The Bertz CT molecular complexity index is 567. The molecule has 1 aliphatic carbocycles. The number of nitrogens with zero attached hydrogens (tertiary/aromatic N) is 2. The number of hydrogen-bond acceptors (Lipinski definition) is 2. The molecule has 3 nitrogen and oxygen atoms in total. The molecule has 0 saturated heterocycles. The van der Waals surface area contributed by atoms with Crippen molar-refractivity contribution in [3.05, 3.63) is 40.8 Å². The van der Waals surface area contributed by atoms with Gasteiger partial charge >= 0.3 is 0 Å². The molecule has 0 bridgehead atoms. The van der Waals surface area contributed by atoms with Gasteiger partial charge in [-0.3, -0.25) is 4.57 Å². The van der Waals surface area contributed by atoms with Gasteiger partial charge in [-0.1, -0.05) is 24.3 Å². The summed E-state index contributed by atoms with van der Waals surface area (Å²) in [5, 5.41) is 1.03. The van der Waals surface area contributed by atoms with Crippen molar-refractivity contribution in [3.63, 3.8) is 0 Å². The first-order valence-corrected chi connectivity index (χ1v) is 4.47. The zero-order valence-electron chi connectivity index (χ0n) is 8.27. The van der Waals surface area contributed by atoms with Crippen LogP contribution >= 0.6 is 0 Å². The van der Waals surface area contributed by atoms with E-state index in [4.69, 9.17) is 4.42 Å². The van der Waals surface area contributed by atoms with Crippen molar-refractivity contribution in [2.24, 2.45) is 12.0 Å². The highest BCUT2D eigenvalue weighted by atomic mass is 16.3. The predicted octanol–water partition coefficient (Wildman–Crippen LogP) is -0.164. The second kappa shape index (κ2) is 3.54. The molecule has 0 radical (unpaired) electrons. The molecule has 1 aromatic heterocycles. The molecule has 0 saturated carbocycles. The van der Waals surface area contributed by atoms with Crippen molar-refractivity contribution in [2.45, 2.75) is 0 Å². The maximum Gasteiger partial charge on any atom is 0.297 e. The minimum Gasteiger partial charge on any atom is -0.424 e. The zero-order valence-corrected chi connectivity index (χ0v) is 8.27. The van der Waals surface area contributed by atoms with Crippen molar-refractivity contribution < 1.29 is 4.42 Å². The van der Waals surface area contributed by atoms with Crippen LogP contribution in [0.2, 0.25) is 0 Å². The first-order valence-electron chi connectivity index (χ1n) is 4.47. The number of rotatable bonds is 0. The van der Waals surface area contributed by atoms with Gasteiger partial charge in [0.1, 0.15) is 0 Å². The van der Waals surface area contributed by atoms with Crippen molar-refractivity contribution in [3.8, 4) is 0 Å². The molecule has 3 heteroatoms. The largest absolute Gasteiger partial charge is 0.424 e. The van der Waals surface area contributed by atoms with Crippen LogP contribution in [0.3, 0.4) is 0 Å². The summed E-state index contributed by atoms with van der Waals surface area (Å²) in [7, 11) is 3.66. The molecule has 0 fully saturated rings. The Morgan fingerprint density at radius 2 is 1.86 bits per heavy atom. The van der Waals surface area contributed by atoms with Gasteiger partial charge in [-0.15, -0.1) is 0 Å². The Hall–Kier alpha value is -1.77. The van der Waals surface area contributed by atoms with Crippen LogP contribution in [0.1, 0.15) is 0 Å². The second-order valence-corrected chi connectivity index (χ2v) is 3.02. The van der Waals surface area contributed by atoms with Gasteiger partial charge < -0.3 is 4.42 Å². The Morgan fingerprint density at radius 3 is 2.57 bits per heavy atom. The summed E-state index contributed by atoms with van der Waals surface area (Å²) in [6, 6.07) is 0. The number of allylic oxidation sites excluding steroid dienone is 4. The van der Waals surface area contributed by atoms with Crippen LogP contribution in [0, 0.1) is 0 Å². The van der Waals surface area contributed by atoms with Crippen molar-refractivity contribution >= 4 is 12.2 Å². The molecular formula is C11H12N2O. The van der Waals surface area contributed by atoms with Gasteiger partial charge in [0.15, 0.2) is 5.42 Å². The molecule has 1 aromatic rings. The number of oxazole rings is 1. The minimum atomic E-state index is 0.631. The molecule has 0 aromatic carbocycles. The molecule has 14 heavy (non-hydrogen) atoms. The lowest BCUT2D eigenvalue weighted by atomic mass is 10.3. The molecule has 1 aliphatic rings. The van der Waals surface area contributed by atoms with Gasteiger partial charge in [0.25, 0.3) is 5.68 Å². The van der Waals surface area contributed by atoms with Crippen LogP contribution in [0.5, 0.6) is 0 Å². The van der Waals surface area contributed by atoms with Gasteiger partial charge in [-0.2, -0.15) is 0 Å². The van der Waals surface area contributed by atoms with Gasteiger partial charge in [0.2, 0.25) is 0 Å². The van der Waals surface area contributed by atoms with E-state index in [2.05, 4.69) is 4.99 Å². The van der Waals surface area contributed by atoms with E-state index in [1.54, 1.807) is 7.05 Å². The highest BCUT2D eigenvalue weighted by Gasteiger charge is 1.97. The van der Waals surface area contributed by atoms with E-state index >= 15 is 0 Å². The molecule has 72 valence electrons. The number of fused-ring (bicyclic) bond motifs is 1. The van der Waals surface area contributed by atoms with E-state index in [-0.39, 0.29) is 0 Å². The smallest absolute Gasteiger partial charge is 0.297 e. The van der Waals surface area contributed by atoms with E-state index in [0.29, 0.717) is 5.68 Å². The normalized spacial score (nSPS) is 24.9.